The van der Waals surface area contributed by atoms with Gasteiger partial charge in [-0.05, 0) is 57.2 Å². The first kappa shape index (κ1) is 23.4. The van der Waals surface area contributed by atoms with E-state index >= 15 is 0 Å². The lowest BCUT2D eigenvalue weighted by Crippen LogP contribution is -2.50. The maximum Gasteiger partial charge on any atom is 0.407 e. The van der Waals surface area contributed by atoms with Gasteiger partial charge in [-0.3, -0.25) is 14.8 Å². The van der Waals surface area contributed by atoms with E-state index in [0.29, 0.717) is 5.56 Å². The normalized spacial score (nSPS) is 11.4. The van der Waals surface area contributed by atoms with Gasteiger partial charge in [0.05, 0.1) is 0 Å². The molecule has 0 saturated heterocycles. The Morgan fingerprint density at radius 3 is 2.10 bits per heavy atom. The van der Waals surface area contributed by atoms with Crippen molar-refractivity contribution in [1.29, 1.82) is 0 Å². The van der Waals surface area contributed by atoms with Crippen LogP contribution >= 0.6 is 0 Å². The first-order valence-corrected chi connectivity index (χ1v) is 9.55. The Morgan fingerprint density at radius 2 is 1.55 bits per heavy atom. The van der Waals surface area contributed by atoms with E-state index in [1.807, 2.05) is 30.3 Å². The second-order valence-corrected chi connectivity index (χ2v) is 7.67. The Kier molecular flexibility index (Phi) is 8.17. The zero-order valence-corrected chi connectivity index (χ0v) is 17.6. The van der Waals surface area contributed by atoms with Crippen molar-refractivity contribution in [2.45, 2.75) is 32.4 Å². The quantitative estimate of drug-likeness (QED) is 0.334. The van der Waals surface area contributed by atoms with Crippen molar-refractivity contribution in [3.63, 3.8) is 0 Å². The van der Waals surface area contributed by atoms with Crippen LogP contribution < -0.4 is 16.1 Å². The maximum absolute atomic E-state index is 12.5. The van der Waals surface area contributed by atoms with Gasteiger partial charge in [-0.15, -0.1) is 0 Å². The number of alkyl carbamates (subject to hydrolysis) is 1. The number of carbonyl (C=O) groups excluding carboxylic acids is 3. The number of nitrogens with one attached hydrogen (secondary N) is 3. The molecule has 0 saturated carbocycles. The average molecular weight is 423 g/mol. The minimum absolute atomic E-state index is 0.278. The average Bonchev–Trinajstić information content (AvgIpc) is 2.74. The number of ether oxygens (including phenoxy) is 1. The summed E-state index contributed by atoms with van der Waals surface area (Å²) in [6.45, 7) is 4.84. The molecule has 162 valence electrons. The largest absolute Gasteiger partial charge is 0.447 e. The highest BCUT2D eigenvalue weighted by molar-refractivity contribution is 5.97. The van der Waals surface area contributed by atoms with Crippen LogP contribution in [0.2, 0.25) is 0 Å². The van der Waals surface area contributed by atoms with Gasteiger partial charge in [0.1, 0.15) is 12.6 Å². The van der Waals surface area contributed by atoms with E-state index in [1.165, 1.54) is 5.48 Å². The van der Waals surface area contributed by atoms with Crippen LogP contribution in [0.15, 0.2) is 54.6 Å². The molecular weight excluding hydrogens is 398 g/mol. The molecule has 8 heteroatoms. The highest BCUT2D eigenvalue weighted by Crippen LogP contribution is 2.05. The maximum atomic E-state index is 12.5. The van der Waals surface area contributed by atoms with Crippen LogP contribution in [0.25, 0.3) is 0 Å². The van der Waals surface area contributed by atoms with Gasteiger partial charge in [-0.25, -0.2) is 10.3 Å². The fourth-order valence-corrected chi connectivity index (χ4v) is 2.37. The van der Waals surface area contributed by atoms with Gasteiger partial charge in [0.25, 0.3) is 11.8 Å². The second-order valence-electron chi connectivity index (χ2n) is 7.67. The fraction of sp³-hybridized carbons (Fsp3) is 0.261. The molecule has 0 unspecified atom stereocenters. The van der Waals surface area contributed by atoms with Crippen LogP contribution in [0.4, 0.5) is 4.79 Å². The molecule has 2 aromatic carbocycles. The molecule has 2 rings (SSSR count). The van der Waals surface area contributed by atoms with Gasteiger partial charge in [0.15, 0.2) is 0 Å². The number of hydrogen-bond donors (Lipinski definition) is 4. The minimum Gasteiger partial charge on any atom is -0.447 e. The van der Waals surface area contributed by atoms with Crippen LogP contribution in [-0.2, 0) is 9.53 Å². The number of hydroxylamine groups is 1. The molecule has 0 spiro atoms. The van der Waals surface area contributed by atoms with Crippen LogP contribution in [-0.4, -0.2) is 41.3 Å². The first-order valence-electron chi connectivity index (χ1n) is 9.55. The molecule has 0 aliphatic carbocycles. The molecule has 4 N–H and O–H groups in total. The van der Waals surface area contributed by atoms with E-state index in [0.717, 1.165) is 5.56 Å². The topological polar surface area (TPSA) is 117 Å². The number of benzene rings is 2. The van der Waals surface area contributed by atoms with E-state index in [2.05, 4.69) is 22.5 Å². The lowest BCUT2D eigenvalue weighted by Gasteiger charge is -2.22. The van der Waals surface area contributed by atoms with Gasteiger partial charge >= 0.3 is 6.09 Å². The highest BCUT2D eigenvalue weighted by atomic mass is 16.5. The Labute approximate surface area is 180 Å². The fourth-order valence-electron chi connectivity index (χ4n) is 2.37. The van der Waals surface area contributed by atoms with Crippen LogP contribution in [0.1, 0.15) is 42.3 Å². The number of rotatable bonds is 5. The monoisotopic (exact) mass is 423 g/mol. The summed E-state index contributed by atoms with van der Waals surface area (Å²) in [4.78, 5) is 36.1. The molecule has 0 heterocycles. The molecule has 2 aromatic rings. The summed E-state index contributed by atoms with van der Waals surface area (Å²) in [6.07, 6.45) is -0.751. The molecule has 0 fully saturated rings. The van der Waals surface area contributed by atoms with Crippen LogP contribution in [0, 0.1) is 11.8 Å². The third-order valence-corrected chi connectivity index (χ3v) is 3.86. The Morgan fingerprint density at radius 1 is 0.968 bits per heavy atom. The van der Waals surface area contributed by atoms with Crippen molar-refractivity contribution in [3.8, 4) is 11.8 Å². The third-order valence-electron chi connectivity index (χ3n) is 3.86. The first-order chi connectivity index (χ1) is 14.7. The smallest absolute Gasteiger partial charge is 0.407 e. The number of amides is 3. The number of hydrogen-bond acceptors (Lipinski definition) is 5. The highest BCUT2D eigenvalue weighted by Gasteiger charge is 2.24. The molecule has 1 atom stereocenters. The van der Waals surface area contributed by atoms with Crippen LogP contribution in [0.5, 0.6) is 0 Å². The van der Waals surface area contributed by atoms with Crippen molar-refractivity contribution >= 4 is 17.9 Å². The van der Waals surface area contributed by atoms with Gasteiger partial charge in [0, 0.05) is 22.2 Å². The molecule has 8 nitrogen and oxygen atoms in total. The van der Waals surface area contributed by atoms with E-state index < -0.39 is 36.1 Å². The minimum atomic E-state index is -1.28. The van der Waals surface area contributed by atoms with E-state index in [4.69, 9.17) is 9.94 Å². The van der Waals surface area contributed by atoms with Gasteiger partial charge in [-0.2, -0.15) is 0 Å². The molecule has 0 aliphatic rings. The Bertz CT molecular complexity index is 970. The SMILES string of the molecule is CC(C)(C)NC(=O)OC[C@H](NC(=O)c1ccc(C#Cc2ccccc2)cc1)C(=O)NO. The molecule has 0 radical (unpaired) electrons. The van der Waals surface area contributed by atoms with Crippen molar-refractivity contribution in [1.82, 2.24) is 16.1 Å². The summed E-state index contributed by atoms with van der Waals surface area (Å²) < 4.78 is 4.98. The summed E-state index contributed by atoms with van der Waals surface area (Å²) in [6, 6.07) is 14.7. The lowest BCUT2D eigenvalue weighted by atomic mass is 10.1. The number of carbonyl (C=O) groups is 3. The molecule has 3 amide bonds. The molecular formula is C23H25N3O5. The second kappa shape index (κ2) is 10.8. The van der Waals surface area contributed by atoms with Crippen LogP contribution in [0.3, 0.4) is 0 Å². The predicted molar refractivity (Wildman–Crippen MR) is 114 cm³/mol. The molecule has 0 aliphatic heterocycles. The predicted octanol–water partition coefficient (Wildman–Crippen LogP) is 2.21. The zero-order chi connectivity index (χ0) is 22.9. The summed E-state index contributed by atoms with van der Waals surface area (Å²) >= 11 is 0. The van der Waals surface area contributed by atoms with E-state index in [1.54, 1.807) is 45.0 Å². The summed E-state index contributed by atoms with van der Waals surface area (Å²) in [5.74, 6) is 4.54. The standard InChI is InChI=1S/C23H25N3O5/c1-23(2,3)25-22(29)31-15-19(21(28)26-30)24-20(27)18-13-11-17(12-14-18)10-9-16-7-5-4-6-8-16/h4-8,11-14,19,30H,15H2,1-3H3,(H,24,27)(H,25,29)(H,26,28)/t19-/m0/s1. The Hall–Kier alpha value is -3.83. The van der Waals surface area contributed by atoms with Crippen molar-refractivity contribution in [2.24, 2.45) is 0 Å². The van der Waals surface area contributed by atoms with Crippen molar-refractivity contribution < 1.29 is 24.3 Å². The van der Waals surface area contributed by atoms with Gasteiger partial charge < -0.3 is 15.4 Å². The van der Waals surface area contributed by atoms with Crippen molar-refractivity contribution in [3.05, 3.63) is 71.3 Å². The Balaban J connectivity index is 2.00. The van der Waals surface area contributed by atoms with E-state index in [9.17, 15) is 14.4 Å². The molecule has 31 heavy (non-hydrogen) atoms. The van der Waals surface area contributed by atoms with Gasteiger partial charge in [-0.1, -0.05) is 30.0 Å². The van der Waals surface area contributed by atoms with Crippen molar-refractivity contribution in [2.75, 3.05) is 6.61 Å². The lowest BCUT2D eigenvalue weighted by molar-refractivity contribution is -0.132. The van der Waals surface area contributed by atoms with E-state index in [-0.39, 0.29) is 5.56 Å². The summed E-state index contributed by atoms with van der Waals surface area (Å²) in [5, 5.41) is 13.9. The molecule has 0 aromatic heterocycles. The van der Waals surface area contributed by atoms with Gasteiger partial charge in [0.2, 0.25) is 0 Å². The zero-order valence-electron chi connectivity index (χ0n) is 17.6. The third kappa shape index (κ3) is 8.20. The summed E-state index contributed by atoms with van der Waals surface area (Å²) in [7, 11) is 0. The molecule has 0 bridgehead atoms. The summed E-state index contributed by atoms with van der Waals surface area (Å²) in [5.41, 5.74) is 2.79.